The number of para-hydroxylation sites is 1. The molecule has 0 aliphatic heterocycles. The lowest BCUT2D eigenvalue weighted by Gasteiger charge is -2.14. The van der Waals surface area contributed by atoms with Gasteiger partial charge in [-0.3, -0.25) is 4.79 Å². The Morgan fingerprint density at radius 3 is 2.31 bits per heavy atom. The van der Waals surface area contributed by atoms with E-state index in [0.717, 1.165) is 16.8 Å². The van der Waals surface area contributed by atoms with Crippen LogP contribution in [-0.2, 0) is 17.6 Å². The molecule has 3 rings (SSSR count). The summed E-state index contributed by atoms with van der Waals surface area (Å²) >= 11 is 0. The van der Waals surface area contributed by atoms with Gasteiger partial charge in [0.05, 0.1) is 39.6 Å². The van der Waals surface area contributed by atoms with E-state index in [2.05, 4.69) is 10.4 Å². The molecule has 7 heteroatoms. The number of nitrogens with zero attached hydrogens (tertiary/aromatic N) is 2. The van der Waals surface area contributed by atoms with Crippen LogP contribution < -0.4 is 19.5 Å². The molecule has 7 nitrogen and oxygen atoms in total. The molecular weight excluding hydrogens is 370 g/mol. The second kappa shape index (κ2) is 9.64. The molecule has 0 saturated heterocycles. The third kappa shape index (κ3) is 5.07. The summed E-state index contributed by atoms with van der Waals surface area (Å²) in [5, 5.41) is 7.31. The van der Waals surface area contributed by atoms with Crippen LogP contribution in [0.3, 0.4) is 0 Å². The molecular formula is C22H25N3O4. The van der Waals surface area contributed by atoms with Gasteiger partial charge in [-0.05, 0) is 41.8 Å². The van der Waals surface area contributed by atoms with E-state index < -0.39 is 0 Å². The maximum absolute atomic E-state index is 12.3. The number of hydrogen-bond donors (Lipinski definition) is 1. The minimum Gasteiger partial charge on any atom is -0.493 e. The zero-order valence-corrected chi connectivity index (χ0v) is 16.8. The van der Waals surface area contributed by atoms with Crippen LogP contribution in [-0.4, -0.2) is 43.6 Å². The van der Waals surface area contributed by atoms with Crippen LogP contribution in [0, 0.1) is 0 Å². The first-order valence-corrected chi connectivity index (χ1v) is 9.29. The van der Waals surface area contributed by atoms with Gasteiger partial charge in [0.15, 0.2) is 11.5 Å². The van der Waals surface area contributed by atoms with E-state index in [4.69, 9.17) is 14.2 Å². The Bertz CT molecular complexity index is 929. The lowest BCUT2D eigenvalue weighted by Crippen LogP contribution is -2.27. The fourth-order valence-corrected chi connectivity index (χ4v) is 3.04. The molecule has 0 radical (unpaired) electrons. The van der Waals surface area contributed by atoms with Gasteiger partial charge >= 0.3 is 0 Å². The number of hydrogen-bond acceptors (Lipinski definition) is 5. The van der Waals surface area contributed by atoms with Crippen molar-refractivity contribution in [3.8, 4) is 22.9 Å². The van der Waals surface area contributed by atoms with Crippen molar-refractivity contribution in [1.29, 1.82) is 0 Å². The van der Waals surface area contributed by atoms with Crippen molar-refractivity contribution in [2.24, 2.45) is 0 Å². The highest BCUT2D eigenvalue weighted by molar-refractivity contribution is 5.79. The van der Waals surface area contributed by atoms with E-state index in [1.54, 1.807) is 33.5 Å². The van der Waals surface area contributed by atoms with Crippen LogP contribution in [0.15, 0.2) is 54.9 Å². The SMILES string of the molecule is COc1cc(CC(=O)NCCc2cnn(-c3ccccc3)c2)cc(OC)c1OC. The van der Waals surface area contributed by atoms with Crippen molar-refractivity contribution in [2.75, 3.05) is 27.9 Å². The van der Waals surface area contributed by atoms with Crippen molar-refractivity contribution < 1.29 is 19.0 Å². The number of carbonyl (C=O) groups is 1. The summed E-state index contributed by atoms with van der Waals surface area (Å²) in [5.41, 5.74) is 2.85. The van der Waals surface area contributed by atoms with E-state index in [1.165, 1.54) is 0 Å². The van der Waals surface area contributed by atoms with Gasteiger partial charge in [0.25, 0.3) is 0 Å². The van der Waals surface area contributed by atoms with E-state index in [1.807, 2.05) is 47.4 Å². The largest absolute Gasteiger partial charge is 0.493 e. The molecule has 0 bridgehead atoms. The second-order valence-corrected chi connectivity index (χ2v) is 6.44. The minimum atomic E-state index is -0.0743. The first kappa shape index (κ1) is 20.3. The van der Waals surface area contributed by atoms with E-state index >= 15 is 0 Å². The number of benzene rings is 2. The van der Waals surface area contributed by atoms with E-state index in [0.29, 0.717) is 30.2 Å². The number of carbonyl (C=O) groups excluding carboxylic acids is 1. The molecule has 29 heavy (non-hydrogen) atoms. The quantitative estimate of drug-likeness (QED) is 0.603. The number of aromatic nitrogens is 2. The van der Waals surface area contributed by atoms with Gasteiger partial charge < -0.3 is 19.5 Å². The Morgan fingerprint density at radius 2 is 1.69 bits per heavy atom. The van der Waals surface area contributed by atoms with E-state index in [9.17, 15) is 4.79 Å². The highest BCUT2D eigenvalue weighted by Crippen LogP contribution is 2.38. The Balaban J connectivity index is 1.55. The third-order valence-electron chi connectivity index (χ3n) is 4.48. The van der Waals surface area contributed by atoms with Crippen molar-refractivity contribution in [1.82, 2.24) is 15.1 Å². The van der Waals surface area contributed by atoms with Crippen LogP contribution >= 0.6 is 0 Å². The zero-order valence-electron chi connectivity index (χ0n) is 16.8. The van der Waals surface area contributed by atoms with E-state index in [-0.39, 0.29) is 12.3 Å². The van der Waals surface area contributed by atoms with Gasteiger partial charge in [-0.25, -0.2) is 4.68 Å². The van der Waals surface area contributed by atoms with Crippen LogP contribution in [0.1, 0.15) is 11.1 Å². The normalized spacial score (nSPS) is 10.4. The average molecular weight is 395 g/mol. The number of amides is 1. The van der Waals surface area contributed by atoms with Crippen molar-refractivity contribution in [2.45, 2.75) is 12.8 Å². The van der Waals surface area contributed by atoms with Gasteiger partial charge in [-0.2, -0.15) is 5.10 Å². The lowest BCUT2D eigenvalue weighted by molar-refractivity contribution is -0.120. The molecule has 1 heterocycles. The summed E-state index contributed by atoms with van der Waals surface area (Å²) in [6.45, 7) is 0.531. The average Bonchev–Trinajstić information content (AvgIpc) is 3.22. The Kier molecular flexibility index (Phi) is 6.73. The molecule has 152 valence electrons. The van der Waals surface area contributed by atoms with Crippen molar-refractivity contribution >= 4 is 5.91 Å². The number of methoxy groups -OCH3 is 3. The molecule has 0 aliphatic carbocycles. The Hall–Kier alpha value is -3.48. The third-order valence-corrected chi connectivity index (χ3v) is 4.48. The molecule has 2 aromatic carbocycles. The topological polar surface area (TPSA) is 74.6 Å². The van der Waals surface area contributed by atoms with Gasteiger partial charge in [-0.1, -0.05) is 18.2 Å². The number of ether oxygens (including phenoxy) is 3. The maximum atomic E-state index is 12.3. The van der Waals surface area contributed by atoms with Crippen LogP contribution in [0.4, 0.5) is 0 Å². The first-order valence-electron chi connectivity index (χ1n) is 9.29. The second-order valence-electron chi connectivity index (χ2n) is 6.44. The minimum absolute atomic E-state index is 0.0743. The van der Waals surface area contributed by atoms with Gasteiger partial charge in [0, 0.05) is 12.7 Å². The Labute approximate surface area is 170 Å². The molecule has 0 fully saturated rings. The molecule has 1 amide bonds. The molecule has 1 N–H and O–H groups in total. The monoisotopic (exact) mass is 395 g/mol. The summed E-state index contributed by atoms with van der Waals surface area (Å²) in [6, 6.07) is 13.5. The summed E-state index contributed by atoms with van der Waals surface area (Å²) in [6.07, 6.45) is 4.72. The molecule has 1 aromatic heterocycles. The fourth-order valence-electron chi connectivity index (χ4n) is 3.04. The van der Waals surface area contributed by atoms with Crippen LogP contribution in [0.5, 0.6) is 17.2 Å². The lowest BCUT2D eigenvalue weighted by atomic mass is 10.1. The highest BCUT2D eigenvalue weighted by Gasteiger charge is 2.14. The fraction of sp³-hybridized carbons (Fsp3) is 0.273. The number of nitrogens with one attached hydrogen (secondary N) is 1. The zero-order chi connectivity index (χ0) is 20.6. The molecule has 0 atom stereocenters. The molecule has 0 unspecified atom stereocenters. The van der Waals surface area contributed by atoms with Gasteiger partial charge in [0.1, 0.15) is 0 Å². The van der Waals surface area contributed by atoms with Gasteiger partial charge in [0.2, 0.25) is 11.7 Å². The van der Waals surface area contributed by atoms with Crippen molar-refractivity contribution in [3.05, 3.63) is 66.0 Å². The molecule has 0 saturated carbocycles. The summed E-state index contributed by atoms with van der Waals surface area (Å²) in [4.78, 5) is 12.3. The maximum Gasteiger partial charge on any atom is 0.224 e. The van der Waals surface area contributed by atoms with Crippen LogP contribution in [0.25, 0.3) is 5.69 Å². The molecule has 0 spiro atoms. The smallest absolute Gasteiger partial charge is 0.224 e. The number of rotatable bonds is 9. The first-order chi connectivity index (χ1) is 14.1. The predicted molar refractivity (Wildman–Crippen MR) is 110 cm³/mol. The molecule has 3 aromatic rings. The Morgan fingerprint density at radius 1 is 1.00 bits per heavy atom. The summed E-state index contributed by atoms with van der Waals surface area (Å²) in [5.74, 6) is 1.50. The standard InChI is InChI=1S/C22H25N3O4/c1-27-19-11-17(12-20(28-2)22(19)29-3)13-21(26)23-10-9-16-14-24-25(15-16)18-7-5-4-6-8-18/h4-8,11-12,14-15H,9-10,13H2,1-3H3,(H,23,26). The highest BCUT2D eigenvalue weighted by atomic mass is 16.5. The van der Waals surface area contributed by atoms with Gasteiger partial charge in [-0.15, -0.1) is 0 Å². The van der Waals surface area contributed by atoms with Crippen molar-refractivity contribution in [3.63, 3.8) is 0 Å². The predicted octanol–water partition coefficient (Wildman–Crippen LogP) is 2.80. The molecule has 0 aliphatic rings. The summed E-state index contributed by atoms with van der Waals surface area (Å²) in [7, 11) is 4.65. The van der Waals surface area contributed by atoms with Crippen LogP contribution in [0.2, 0.25) is 0 Å². The summed E-state index contributed by atoms with van der Waals surface area (Å²) < 4.78 is 17.8.